The van der Waals surface area contributed by atoms with Crippen molar-refractivity contribution in [2.24, 2.45) is 12.8 Å². The Morgan fingerprint density at radius 1 is 1.16 bits per heavy atom. The lowest BCUT2D eigenvalue weighted by molar-refractivity contribution is 0.427. The molecule has 2 aliphatic carbocycles. The van der Waals surface area contributed by atoms with Gasteiger partial charge in [0, 0.05) is 18.7 Å². The molecule has 1 aromatic rings. The van der Waals surface area contributed by atoms with E-state index in [-0.39, 0.29) is 0 Å². The first-order valence-electron chi connectivity index (χ1n) is 8.07. The third kappa shape index (κ3) is 2.45. The normalized spacial score (nSPS) is 24.4. The maximum absolute atomic E-state index is 5.82. The fraction of sp³-hybridized carbons (Fsp3) is 0.812. The molecule has 0 spiro atoms. The van der Waals surface area contributed by atoms with Crippen molar-refractivity contribution in [2.75, 3.05) is 6.54 Å². The van der Waals surface area contributed by atoms with Crippen molar-refractivity contribution < 1.29 is 0 Å². The molecule has 0 bridgehead atoms. The van der Waals surface area contributed by atoms with Gasteiger partial charge < -0.3 is 5.73 Å². The number of nitrogens with two attached hydrogens (primary N) is 1. The highest BCUT2D eigenvalue weighted by Crippen LogP contribution is 2.42. The second-order valence-corrected chi connectivity index (χ2v) is 6.37. The van der Waals surface area contributed by atoms with Crippen LogP contribution in [0, 0.1) is 0 Å². The lowest BCUT2D eigenvalue weighted by Crippen LogP contribution is -2.17. The molecular weight excluding hydrogens is 234 g/mol. The summed E-state index contributed by atoms with van der Waals surface area (Å²) in [5.41, 5.74) is 10.4. The first-order chi connectivity index (χ1) is 9.31. The van der Waals surface area contributed by atoms with Gasteiger partial charge in [-0.05, 0) is 56.6 Å². The van der Waals surface area contributed by atoms with E-state index in [0.717, 1.165) is 18.9 Å². The van der Waals surface area contributed by atoms with Crippen molar-refractivity contribution in [3.63, 3.8) is 0 Å². The number of nitrogens with zero attached hydrogens (tertiary/aromatic N) is 2. The Hall–Kier alpha value is -0.830. The molecule has 0 aromatic carbocycles. The van der Waals surface area contributed by atoms with Crippen molar-refractivity contribution >= 4 is 0 Å². The predicted octanol–water partition coefficient (Wildman–Crippen LogP) is 3.24. The Balaban J connectivity index is 1.95. The number of hydrogen-bond acceptors (Lipinski definition) is 2. The average molecular weight is 261 g/mol. The first kappa shape index (κ1) is 13.2. The van der Waals surface area contributed by atoms with E-state index in [1.54, 1.807) is 5.56 Å². The Morgan fingerprint density at radius 3 is 2.68 bits per heavy atom. The van der Waals surface area contributed by atoms with E-state index >= 15 is 0 Å². The van der Waals surface area contributed by atoms with Crippen LogP contribution in [0.4, 0.5) is 0 Å². The Labute approximate surface area is 116 Å². The Kier molecular flexibility index (Phi) is 3.92. The van der Waals surface area contributed by atoms with E-state index in [9.17, 15) is 0 Å². The SMILES string of the molecule is Cn1nc(C2CCCCC2)c2c1CCCC2CCN. The average Bonchev–Trinajstić information content (AvgIpc) is 2.79. The molecule has 3 nitrogen and oxygen atoms in total. The lowest BCUT2D eigenvalue weighted by Gasteiger charge is -2.27. The highest BCUT2D eigenvalue weighted by Gasteiger charge is 2.31. The third-order valence-corrected chi connectivity index (χ3v) is 5.12. The molecule has 106 valence electrons. The summed E-state index contributed by atoms with van der Waals surface area (Å²) in [5.74, 6) is 1.40. The molecular formula is C16H27N3. The molecule has 3 rings (SSSR count). The van der Waals surface area contributed by atoms with Crippen LogP contribution in [0.3, 0.4) is 0 Å². The molecule has 1 fully saturated rings. The molecule has 1 unspecified atom stereocenters. The van der Waals surface area contributed by atoms with Gasteiger partial charge in [0.1, 0.15) is 0 Å². The maximum atomic E-state index is 5.82. The Morgan fingerprint density at radius 2 is 1.95 bits per heavy atom. The monoisotopic (exact) mass is 261 g/mol. The van der Waals surface area contributed by atoms with Gasteiger partial charge in [-0.3, -0.25) is 4.68 Å². The molecule has 1 saturated carbocycles. The van der Waals surface area contributed by atoms with Crippen LogP contribution >= 0.6 is 0 Å². The van der Waals surface area contributed by atoms with Crippen LogP contribution in [-0.4, -0.2) is 16.3 Å². The van der Waals surface area contributed by atoms with Gasteiger partial charge in [0.25, 0.3) is 0 Å². The molecule has 0 saturated heterocycles. The van der Waals surface area contributed by atoms with Crippen molar-refractivity contribution in [1.29, 1.82) is 0 Å². The molecule has 2 N–H and O–H groups in total. The second-order valence-electron chi connectivity index (χ2n) is 6.37. The predicted molar refractivity (Wildman–Crippen MR) is 78.4 cm³/mol. The van der Waals surface area contributed by atoms with Crippen LogP contribution in [0.25, 0.3) is 0 Å². The van der Waals surface area contributed by atoms with Crippen LogP contribution in [-0.2, 0) is 13.5 Å². The lowest BCUT2D eigenvalue weighted by atomic mass is 9.78. The molecule has 0 aliphatic heterocycles. The zero-order valence-corrected chi connectivity index (χ0v) is 12.2. The third-order valence-electron chi connectivity index (χ3n) is 5.12. The molecule has 3 heteroatoms. The highest BCUT2D eigenvalue weighted by molar-refractivity contribution is 5.35. The minimum Gasteiger partial charge on any atom is -0.330 e. The highest BCUT2D eigenvalue weighted by atomic mass is 15.3. The molecule has 0 amide bonds. The van der Waals surface area contributed by atoms with E-state index < -0.39 is 0 Å². The van der Waals surface area contributed by atoms with E-state index in [1.807, 2.05) is 0 Å². The first-order valence-corrected chi connectivity index (χ1v) is 8.07. The van der Waals surface area contributed by atoms with Gasteiger partial charge in [-0.25, -0.2) is 0 Å². The number of hydrogen-bond donors (Lipinski definition) is 1. The molecule has 2 aliphatic rings. The molecule has 1 heterocycles. The van der Waals surface area contributed by atoms with E-state index in [4.69, 9.17) is 10.8 Å². The summed E-state index contributed by atoms with van der Waals surface area (Å²) in [6.45, 7) is 0.809. The van der Waals surface area contributed by atoms with Crippen LogP contribution in [0.1, 0.15) is 80.2 Å². The summed E-state index contributed by atoms with van der Waals surface area (Å²) in [4.78, 5) is 0. The topological polar surface area (TPSA) is 43.8 Å². The van der Waals surface area contributed by atoms with Crippen molar-refractivity contribution in [1.82, 2.24) is 9.78 Å². The minimum absolute atomic E-state index is 0.680. The number of fused-ring (bicyclic) bond motifs is 1. The quantitative estimate of drug-likeness (QED) is 0.907. The summed E-state index contributed by atoms with van der Waals surface area (Å²) >= 11 is 0. The van der Waals surface area contributed by atoms with Gasteiger partial charge in [-0.1, -0.05) is 19.3 Å². The van der Waals surface area contributed by atoms with Crippen molar-refractivity contribution in [3.8, 4) is 0 Å². The summed E-state index contributed by atoms with van der Waals surface area (Å²) in [6.07, 6.45) is 11.9. The van der Waals surface area contributed by atoms with Crippen molar-refractivity contribution in [3.05, 3.63) is 17.0 Å². The molecule has 19 heavy (non-hydrogen) atoms. The fourth-order valence-electron chi connectivity index (χ4n) is 4.17. The van der Waals surface area contributed by atoms with Gasteiger partial charge in [0.15, 0.2) is 0 Å². The molecule has 0 radical (unpaired) electrons. The summed E-state index contributed by atoms with van der Waals surface area (Å²) in [5, 5.41) is 4.92. The van der Waals surface area contributed by atoms with Gasteiger partial charge in [-0.2, -0.15) is 5.10 Å². The molecule has 1 aromatic heterocycles. The fourth-order valence-corrected chi connectivity index (χ4v) is 4.17. The van der Waals surface area contributed by atoms with E-state index in [2.05, 4.69) is 11.7 Å². The maximum Gasteiger partial charge on any atom is 0.0693 e. The summed E-state index contributed by atoms with van der Waals surface area (Å²) in [7, 11) is 2.13. The summed E-state index contributed by atoms with van der Waals surface area (Å²) < 4.78 is 2.17. The van der Waals surface area contributed by atoms with Crippen LogP contribution in [0.15, 0.2) is 0 Å². The smallest absolute Gasteiger partial charge is 0.0693 e. The Bertz CT molecular complexity index is 429. The van der Waals surface area contributed by atoms with Crippen LogP contribution < -0.4 is 5.73 Å². The second kappa shape index (κ2) is 5.66. The van der Waals surface area contributed by atoms with E-state index in [0.29, 0.717) is 5.92 Å². The van der Waals surface area contributed by atoms with Crippen LogP contribution in [0.5, 0.6) is 0 Å². The zero-order chi connectivity index (χ0) is 13.2. The van der Waals surface area contributed by atoms with Gasteiger partial charge in [-0.15, -0.1) is 0 Å². The van der Waals surface area contributed by atoms with Gasteiger partial charge >= 0.3 is 0 Å². The van der Waals surface area contributed by atoms with E-state index in [1.165, 1.54) is 62.8 Å². The van der Waals surface area contributed by atoms with Crippen molar-refractivity contribution in [2.45, 2.75) is 69.6 Å². The minimum atomic E-state index is 0.680. The number of rotatable bonds is 3. The number of aryl methyl sites for hydroxylation is 1. The zero-order valence-electron chi connectivity index (χ0n) is 12.2. The number of aromatic nitrogens is 2. The summed E-state index contributed by atoms with van der Waals surface area (Å²) in [6, 6.07) is 0. The largest absolute Gasteiger partial charge is 0.330 e. The molecule has 1 atom stereocenters. The van der Waals surface area contributed by atoms with Gasteiger partial charge in [0.2, 0.25) is 0 Å². The van der Waals surface area contributed by atoms with Gasteiger partial charge in [0.05, 0.1) is 5.69 Å². The van der Waals surface area contributed by atoms with Crippen LogP contribution in [0.2, 0.25) is 0 Å². The standard InChI is InChI=1S/C16H27N3/c1-19-14-9-5-8-12(10-11-17)15(14)16(18-19)13-6-3-2-4-7-13/h12-13H,2-11,17H2,1H3.